The number of thiophene rings is 2. The van der Waals surface area contributed by atoms with Crippen molar-refractivity contribution < 1.29 is 5.11 Å². The topological polar surface area (TPSA) is 56.7 Å². The third kappa shape index (κ3) is 4.10. The van der Waals surface area contributed by atoms with Gasteiger partial charge in [-0.15, -0.1) is 22.7 Å². The Bertz CT molecular complexity index is 747. The lowest BCUT2D eigenvalue weighted by Gasteiger charge is -2.14. The molecule has 0 fully saturated rings. The van der Waals surface area contributed by atoms with Gasteiger partial charge in [-0.05, 0) is 29.0 Å². The van der Waals surface area contributed by atoms with Gasteiger partial charge in [-0.3, -0.25) is 4.99 Å². The molecule has 120 valence electrons. The standard InChI is InChI=1S/C17H19N3OS2/c1-18-17(19-10-13-6-4-8-22-13)20-11-14(21)16-9-12-5-2-3-7-15(12)23-16/h2-9,14,21H,10-11H2,1H3,(H2,18,19,20). The molecule has 0 radical (unpaired) electrons. The van der Waals surface area contributed by atoms with Gasteiger partial charge in [0.2, 0.25) is 0 Å². The second-order valence-corrected chi connectivity index (χ2v) is 7.24. The van der Waals surface area contributed by atoms with Gasteiger partial charge in [0.1, 0.15) is 6.10 Å². The summed E-state index contributed by atoms with van der Waals surface area (Å²) < 4.78 is 1.20. The van der Waals surface area contributed by atoms with Crippen molar-refractivity contribution in [1.82, 2.24) is 10.6 Å². The number of guanidine groups is 1. The number of nitrogens with one attached hydrogen (secondary N) is 2. The lowest BCUT2D eigenvalue weighted by atomic mass is 10.2. The van der Waals surface area contributed by atoms with Crippen LogP contribution in [0.15, 0.2) is 52.8 Å². The number of aliphatic hydroxyl groups is 1. The minimum Gasteiger partial charge on any atom is -0.386 e. The summed E-state index contributed by atoms with van der Waals surface area (Å²) in [5.74, 6) is 0.693. The molecule has 0 saturated carbocycles. The molecule has 1 unspecified atom stereocenters. The third-order valence-electron chi connectivity index (χ3n) is 3.47. The second-order valence-electron chi connectivity index (χ2n) is 5.09. The third-order valence-corrected chi connectivity index (χ3v) is 5.56. The van der Waals surface area contributed by atoms with Crippen molar-refractivity contribution in [2.75, 3.05) is 13.6 Å². The fourth-order valence-corrected chi connectivity index (χ4v) is 3.96. The monoisotopic (exact) mass is 345 g/mol. The van der Waals surface area contributed by atoms with E-state index in [-0.39, 0.29) is 0 Å². The van der Waals surface area contributed by atoms with Gasteiger partial charge < -0.3 is 15.7 Å². The summed E-state index contributed by atoms with van der Waals surface area (Å²) in [6, 6.07) is 14.3. The van der Waals surface area contributed by atoms with Crippen LogP contribution in [-0.4, -0.2) is 24.7 Å². The molecule has 3 rings (SSSR count). The average Bonchev–Trinajstić information content (AvgIpc) is 3.23. The van der Waals surface area contributed by atoms with Crippen LogP contribution in [0.3, 0.4) is 0 Å². The smallest absolute Gasteiger partial charge is 0.191 e. The molecule has 0 spiro atoms. The van der Waals surface area contributed by atoms with Crippen molar-refractivity contribution >= 4 is 38.7 Å². The lowest BCUT2D eigenvalue weighted by Crippen LogP contribution is -2.38. The Morgan fingerprint density at radius 2 is 2.09 bits per heavy atom. The first kappa shape index (κ1) is 16.0. The molecule has 2 aromatic heterocycles. The van der Waals surface area contributed by atoms with E-state index >= 15 is 0 Å². The first-order valence-corrected chi connectivity index (χ1v) is 9.09. The molecule has 1 aromatic carbocycles. The molecule has 0 saturated heterocycles. The number of nitrogens with zero attached hydrogens (tertiary/aromatic N) is 1. The molecule has 1 atom stereocenters. The van der Waals surface area contributed by atoms with E-state index in [0.29, 0.717) is 12.5 Å². The molecule has 0 aliphatic heterocycles. The molecule has 6 heteroatoms. The van der Waals surface area contributed by atoms with Gasteiger partial charge in [0.15, 0.2) is 5.96 Å². The molecular weight excluding hydrogens is 326 g/mol. The first-order chi connectivity index (χ1) is 11.3. The zero-order valence-corrected chi connectivity index (χ0v) is 14.5. The molecule has 3 N–H and O–H groups in total. The van der Waals surface area contributed by atoms with E-state index in [1.165, 1.54) is 15.0 Å². The highest BCUT2D eigenvalue weighted by Gasteiger charge is 2.12. The number of benzene rings is 1. The molecule has 0 bridgehead atoms. The summed E-state index contributed by atoms with van der Waals surface area (Å²) >= 11 is 3.33. The van der Waals surface area contributed by atoms with Gasteiger partial charge in [0.25, 0.3) is 0 Å². The molecule has 0 aliphatic carbocycles. The summed E-state index contributed by atoms with van der Waals surface area (Å²) in [6.45, 7) is 1.16. The Balaban J connectivity index is 1.55. The Kier molecular flexibility index (Phi) is 5.27. The van der Waals surface area contributed by atoms with Crippen LogP contribution in [-0.2, 0) is 6.54 Å². The first-order valence-electron chi connectivity index (χ1n) is 7.39. The minimum atomic E-state index is -0.548. The van der Waals surface area contributed by atoms with Gasteiger partial charge in [-0.25, -0.2) is 0 Å². The Hall–Kier alpha value is -1.89. The summed E-state index contributed by atoms with van der Waals surface area (Å²) in [6.07, 6.45) is -0.548. The van der Waals surface area contributed by atoms with E-state index in [2.05, 4.69) is 39.2 Å². The van der Waals surface area contributed by atoms with Crippen LogP contribution in [0.4, 0.5) is 0 Å². The maximum absolute atomic E-state index is 10.4. The van der Waals surface area contributed by atoms with Crippen LogP contribution in [0.25, 0.3) is 10.1 Å². The number of aliphatic imine (C=N–C) groups is 1. The molecular formula is C17H19N3OS2. The van der Waals surface area contributed by atoms with E-state index in [0.717, 1.165) is 11.4 Å². The Morgan fingerprint density at radius 1 is 1.22 bits per heavy atom. The van der Waals surface area contributed by atoms with Gasteiger partial charge in [-0.1, -0.05) is 24.3 Å². The summed E-state index contributed by atoms with van der Waals surface area (Å²) in [5.41, 5.74) is 0. The summed E-state index contributed by atoms with van der Waals surface area (Å²) in [7, 11) is 1.73. The van der Waals surface area contributed by atoms with Crippen LogP contribution in [0.2, 0.25) is 0 Å². The predicted molar refractivity (Wildman–Crippen MR) is 99.3 cm³/mol. The van der Waals surface area contributed by atoms with Crippen LogP contribution < -0.4 is 10.6 Å². The maximum atomic E-state index is 10.4. The summed E-state index contributed by atoms with van der Waals surface area (Å²) in [5, 5.41) is 20.0. The highest BCUT2D eigenvalue weighted by atomic mass is 32.1. The Labute approximate surface area is 143 Å². The number of hydrogen-bond acceptors (Lipinski definition) is 4. The second kappa shape index (κ2) is 7.59. The molecule has 0 aliphatic rings. The van der Waals surface area contributed by atoms with Crippen molar-refractivity contribution in [3.05, 3.63) is 57.6 Å². The highest BCUT2D eigenvalue weighted by Crippen LogP contribution is 2.29. The molecule has 2 heterocycles. The van der Waals surface area contributed by atoms with Crippen molar-refractivity contribution in [3.63, 3.8) is 0 Å². The van der Waals surface area contributed by atoms with Crippen molar-refractivity contribution in [2.45, 2.75) is 12.6 Å². The van der Waals surface area contributed by atoms with Gasteiger partial charge in [-0.2, -0.15) is 0 Å². The van der Waals surface area contributed by atoms with Gasteiger partial charge in [0, 0.05) is 28.0 Å². The summed E-state index contributed by atoms with van der Waals surface area (Å²) in [4.78, 5) is 6.40. The van der Waals surface area contributed by atoms with Crippen molar-refractivity contribution in [1.29, 1.82) is 0 Å². The fraction of sp³-hybridized carbons (Fsp3) is 0.235. The van der Waals surface area contributed by atoms with Crippen LogP contribution in [0, 0.1) is 0 Å². The SMILES string of the molecule is CN=C(NCc1cccs1)NCC(O)c1cc2ccccc2s1. The van der Waals surface area contributed by atoms with Crippen LogP contribution >= 0.6 is 22.7 Å². The number of rotatable bonds is 5. The largest absolute Gasteiger partial charge is 0.386 e. The van der Waals surface area contributed by atoms with Crippen LogP contribution in [0.5, 0.6) is 0 Å². The molecule has 4 nitrogen and oxygen atoms in total. The number of fused-ring (bicyclic) bond motifs is 1. The van der Waals surface area contributed by atoms with Crippen molar-refractivity contribution in [3.8, 4) is 0 Å². The quantitative estimate of drug-likeness (QED) is 0.491. The van der Waals surface area contributed by atoms with Crippen LogP contribution in [0.1, 0.15) is 15.9 Å². The average molecular weight is 345 g/mol. The molecule has 0 amide bonds. The van der Waals surface area contributed by atoms with E-state index in [9.17, 15) is 5.11 Å². The van der Waals surface area contributed by atoms with E-state index < -0.39 is 6.10 Å². The van der Waals surface area contributed by atoms with Gasteiger partial charge in [0.05, 0.1) is 6.54 Å². The fourth-order valence-electron chi connectivity index (χ4n) is 2.27. The minimum absolute atomic E-state index is 0.428. The highest BCUT2D eigenvalue weighted by molar-refractivity contribution is 7.19. The lowest BCUT2D eigenvalue weighted by molar-refractivity contribution is 0.184. The zero-order chi connectivity index (χ0) is 16.1. The van der Waals surface area contributed by atoms with E-state index in [4.69, 9.17) is 0 Å². The predicted octanol–water partition coefficient (Wildman–Crippen LogP) is 3.36. The normalized spacial score (nSPS) is 13.2. The van der Waals surface area contributed by atoms with E-state index in [1.807, 2.05) is 24.3 Å². The number of aliphatic hydroxyl groups excluding tert-OH is 1. The zero-order valence-electron chi connectivity index (χ0n) is 12.8. The number of hydrogen-bond donors (Lipinski definition) is 3. The molecule has 23 heavy (non-hydrogen) atoms. The van der Waals surface area contributed by atoms with Crippen molar-refractivity contribution in [2.24, 2.45) is 4.99 Å². The van der Waals surface area contributed by atoms with Gasteiger partial charge >= 0.3 is 0 Å². The Morgan fingerprint density at radius 3 is 2.83 bits per heavy atom. The maximum Gasteiger partial charge on any atom is 0.191 e. The van der Waals surface area contributed by atoms with E-state index in [1.54, 1.807) is 29.7 Å². The molecule has 3 aromatic rings.